The molecule has 8 atom stereocenters. The van der Waals surface area contributed by atoms with Gasteiger partial charge in [0.2, 0.25) is 17.5 Å². The highest BCUT2D eigenvalue weighted by Gasteiger charge is 2.71. The number of benzene rings is 2. The Labute approximate surface area is 279 Å². The van der Waals surface area contributed by atoms with Crippen LogP contribution in [0.25, 0.3) is 10.9 Å². The van der Waals surface area contributed by atoms with Crippen LogP contribution in [0.4, 0.5) is 0 Å². The molecule has 48 heavy (non-hydrogen) atoms. The molecule has 4 N–H and O–H groups in total. The second-order valence-electron chi connectivity index (χ2n) is 14.3. The summed E-state index contributed by atoms with van der Waals surface area (Å²) >= 11 is 0. The number of aromatic amines is 1. The van der Waals surface area contributed by atoms with Gasteiger partial charge in [0, 0.05) is 42.1 Å². The summed E-state index contributed by atoms with van der Waals surface area (Å²) in [5, 5.41) is 16.4. The summed E-state index contributed by atoms with van der Waals surface area (Å²) in [5.41, 5.74) is 2.88. The largest absolute Gasteiger partial charge is 0.363 e. The molecule has 3 aromatic rings. The Kier molecular flexibility index (Phi) is 8.06. The van der Waals surface area contributed by atoms with E-state index < -0.39 is 45.3 Å². The van der Waals surface area contributed by atoms with E-state index in [-0.39, 0.29) is 23.7 Å². The lowest BCUT2D eigenvalue weighted by Crippen LogP contribution is -2.64. The number of Topliss-reactive ketones (excluding diaryl/α,β-unsaturated/α-hetero) is 1. The minimum Gasteiger partial charge on any atom is -0.363 e. The average Bonchev–Trinajstić information content (AvgIpc) is 3.73. The van der Waals surface area contributed by atoms with E-state index in [2.05, 4.69) is 46.6 Å². The Bertz CT molecular complexity index is 1870. The minimum atomic E-state index is -3.67. The van der Waals surface area contributed by atoms with Crippen molar-refractivity contribution in [3.63, 3.8) is 0 Å². The predicted octanol–water partition coefficient (Wildman–Crippen LogP) is 2.23. The van der Waals surface area contributed by atoms with Gasteiger partial charge in [-0.15, -0.1) is 0 Å². The third-order valence-electron chi connectivity index (χ3n) is 11.1. The predicted molar refractivity (Wildman–Crippen MR) is 176 cm³/mol. The molecule has 2 amide bonds. The second kappa shape index (κ2) is 11.8. The maximum atomic E-state index is 14.3. The van der Waals surface area contributed by atoms with E-state index in [0.29, 0.717) is 44.6 Å². The quantitative estimate of drug-likeness (QED) is 0.303. The van der Waals surface area contributed by atoms with Gasteiger partial charge in [-0.25, -0.2) is 0 Å². The number of likely N-dealkylation sites (tertiary alicyclic amines) is 1. The SMILES string of the molecule is CN1C[C@H](C(=O)N[C@]2(C)O[C@]3(O)C(C2=O)[C@@H](Cc2ccccc2)C(=O)N2CCC[C@H]23)C[C@@H]2c3cccc4[nH]cc(c34)C[C@H]21.CS(=O)(=O)O. The highest BCUT2D eigenvalue weighted by atomic mass is 32.2. The zero-order chi connectivity index (χ0) is 34.2. The molecular weight excluding hydrogens is 636 g/mol. The fourth-order valence-corrected chi connectivity index (χ4v) is 9.12. The molecule has 8 rings (SSSR count). The summed E-state index contributed by atoms with van der Waals surface area (Å²) in [6, 6.07) is 15.6. The first-order chi connectivity index (χ1) is 22.7. The Morgan fingerprint density at radius 2 is 1.88 bits per heavy atom. The number of amides is 2. The average molecular weight is 679 g/mol. The lowest BCUT2D eigenvalue weighted by molar-refractivity contribution is -0.281. The van der Waals surface area contributed by atoms with Crippen LogP contribution in [0.1, 0.15) is 48.8 Å². The number of fused-ring (bicyclic) bond motifs is 5. The third kappa shape index (κ3) is 5.55. The fraction of sp³-hybridized carbons (Fsp3) is 0.514. The topological polar surface area (TPSA) is 169 Å². The molecule has 13 heteroatoms. The van der Waals surface area contributed by atoms with Crippen molar-refractivity contribution in [2.24, 2.45) is 17.8 Å². The van der Waals surface area contributed by atoms with Crippen LogP contribution < -0.4 is 5.32 Å². The van der Waals surface area contributed by atoms with Gasteiger partial charge in [0.1, 0.15) is 0 Å². The summed E-state index contributed by atoms with van der Waals surface area (Å²) in [6.07, 6.45) is 6.01. The molecule has 2 aromatic carbocycles. The van der Waals surface area contributed by atoms with Crippen LogP contribution >= 0.6 is 0 Å². The minimum absolute atomic E-state index is 0.121. The molecule has 4 saturated heterocycles. The standard InChI is InChI=1S/C34H38N4O5.CH4O3S/c1-33(36-31(40)21-15-23-22-10-6-11-25-28(22)20(17-35-25)16-26(23)37(2)18-21)30(39)29-24(14-19-8-4-3-5-9-19)32(41)38-13-7-12-27(38)34(29,42)43-33;1-5(2,3)4/h3-6,8-11,17,21,23-24,26-27,29,35,42H,7,12-16,18H2,1-2H3,(H,36,40);1H3,(H,2,3,4)/t21-,23-,24-,26-,27+,29?,33-,34+;/m1./s1. The molecule has 0 spiro atoms. The summed E-state index contributed by atoms with van der Waals surface area (Å²) < 4.78 is 32.2. The number of piperidine rings is 2. The first-order valence-electron chi connectivity index (χ1n) is 16.5. The molecule has 4 aliphatic heterocycles. The molecule has 5 aliphatic rings. The van der Waals surface area contributed by atoms with Crippen molar-refractivity contribution in [1.29, 1.82) is 0 Å². The molecule has 0 bridgehead atoms. The maximum absolute atomic E-state index is 14.3. The van der Waals surface area contributed by atoms with Gasteiger partial charge in [0.25, 0.3) is 10.1 Å². The number of carbonyl (C=O) groups is 3. The van der Waals surface area contributed by atoms with Crippen molar-refractivity contribution in [2.45, 2.75) is 68.5 Å². The van der Waals surface area contributed by atoms with Crippen molar-refractivity contribution in [2.75, 3.05) is 26.4 Å². The van der Waals surface area contributed by atoms with Crippen LogP contribution in [0, 0.1) is 17.8 Å². The number of aromatic nitrogens is 1. The number of hydrogen-bond acceptors (Lipinski definition) is 8. The number of H-pyrrole nitrogens is 1. The van der Waals surface area contributed by atoms with Gasteiger partial charge in [-0.1, -0.05) is 42.5 Å². The molecule has 12 nitrogen and oxygen atoms in total. The van der Waals surface area contributed by atoms with Gasteiger partial charge in [0.05, 0.1) is 30.1 Å². The van der Waals surface area contributed by atoms with Crippen molar-refractivity contribution < 1.29 is 37.2 Å². The van der Waals surface area contributed by atoms with Gasteiger partial charge >= 0.3 is 0 Å². The molecule has 0 radical (unpaired) electrons. The molecule has 1 unspecified atom stereocenters. The molecule has 1 aromatic heterocycles. The number of aliphatic hydroxyl groups is 1. The Balaban J connectivity index is 0.000000681. The lowest BCUT2D eigenvalue weighted by Gasteiger charge is -2.47. The number of nitrogens with one attached hydrogen (secondary N) is 2. The first-order valence-corrected chi connectivity index (χ1v) is 18.4. The van der Waals surface area contributed by atoms with Crippen LogP contribution in [0.15, 0.2) is 54.7 Å². The molecule has 256 valence electrons. The van der Waals surface area contributed by atoms with E-state index in [9.17, 15) is 27.9 Å². The van der Waals surface area contributed by atoms with E-state index in [1.54, 1.807) is 11.8 Å². The number of nitrogens with zero attached hydrogens (tertiary/aromatic N) is 2. The summed E-state index contributed by atoms with van der Waals surface area (Å²) in [5.74, 6) is -4.68. The number of ketones is 1. The highest BCUT2D eigenvalue weighted by molar-refractivity contribution is 7.85. The van der Waals surface area contributed by atoms with Crippen LogP contribution in [-0.4, -0.2) is 100 Å². The van der Waals surface area contributed by atoms with Crippen molar-refractivity contribution in [3.8, 4) is 0 Å². The Morgan fingerprint density at radius 3 is 2.60 bits per heavy atom. The van der Waals surface area contributed by atoms with E-state index in [0.717, 1.165) is 23.9 Å². The zero-order valence-corrected chi connectivity index (χ0v) is 28.1. The molecule has 1 aliphatic carbocycles. The molecule has 4 fully saturated rings. The first kappa shape index (κ1) is 32.9. The van der Waals surface area contributed by atoms with E-state index in [1.807, 2.05) is 30.3 Å². The van der Waals surface area contributed by atoms with Crippen molar-refractivity contribution in [3.05, 3.63) is 71.4 Å². The van der Waals surface area contributed by atoms with Gasteiger partial charge in [0.15, 0.2) is 11.6 Å². The van der Waals surface area contributed by atoms with E-state index >= 15 is 0 Å². The molecular formula is C35H42N4O8S. The Hall–Kier alpha value is -3.62. The zero-order valence-electron chi connectivity index (χ0n) is 27.3. The van der Waals surface area contributed by atoms with Gasteiger partial charge < -0.3 is 29.9 Å². The van der Waals surface area contributed by atoms with Gasteiger partial charge in [-0.3, -0.25) is 18.9 Å². The van der Waals surface area contributed by atoms with Crippen molar-refractivity contribution >= 4 is 38.6 Å². The number of ether oxygens (including phenoxy) is 1. The smallest absolute Gasteiger partial charge is 0.261 e. The Morgan fingerprint density at radius 1 is 1.15 bits per heavy atom. The lowest BCUT2D eigenvalue weighted by atomic mass is 9.71. The van der Waals surface area contributed by atoms with E-state index in [1.165, 1.54) is 16.5 Å². The van der Waals surface area contributed by atoms with Crippen LogP contribution in [0.5, 0.6) is 0 Å². The molecule has 5 heterocycles. The van der Waals surface area contributed by atoms with Gasteiger partial charge in [-0.05, 0) is 68.8 Å². The third-order valence-corrected chi connectivity index (χ3v) is 11.1. The van der Waals surface area contributed by atoms with Crippen LogP contribution in [0.2, 0.25) is 0 Å². The van der Waals surface area contributed by atoms with Gasteiger partial charge in [-0.2, -0.15) is 8.42 Å². The van der Waals surface area contributed by atoms with Crippen molar-refractivity contribution in [1.82, 2.24) is 20.1 Å². The number of carbonyl (C=O) groups excluding carboxylic acids is 3. The van der Waals surface area contributed by atoms with Crippen LogP contribution in [0.3, 0.4) is 0 Å². The normalized spacial score (nSPS) is 34.2. The summed E-state index contributed by atoms with van der Waals surface area (Å²) in [4.78, 5) is 49.4. The highest BCUT2D eigenvalue weighted by Crippen LogP contribution is 2.52. The van der Waals surface area contributed by atoms with E-state index in [4.69, 9.17) is 9.29 Å². The summed E-state index contributed by atoms with van der Waals surface area (Å²) in [6.45, 7) is 2.64. The van der Waals surface area contributed by atoms with Crippen LogP contribution in [-0.2, 0) is 42.1 Å². The maximum Gasteiger partial charge on any atom is 0.261 e. The fourth-order valence-electron chi connectivity index (χ4n) is 9.12. The molecule has 0 saturated carbocycles. The number of rotatable bonds is 4. The number of hydrogen-bond donors (Lipinski definition) is 4. The number of likely N-dealkylation sites (N-methyl/N-ethyl adjacent to an activating group) is 1. The monoisotopic (exact) mass is 678 g/mol. The second-order valence-corrected chi connectivity index (χ2v) is 15.7. The summed E-state index contributed by atoms with van der Waals surface area (Å²) in [7, 11) is -1.60.